The van der Waals surface area contributed by atoms with Gasteiger partial charge in [0.1, 0.15) is 17.4 Å². The molecule has 0 unspecified atom stereocenters. The first-order valence-corrected chi connectivity index (χ1v) is 8.80. The number of allylic oxidation sites excluding steroid dienone is 2. The highest BCUT2D eigenvalue weighted by atomic mass is 16.3. The minimum Gasteiger partial charge on any atom is -0.459 e. The Kier molecular flexibility index (Phi) is 4.38. The van der Waals surface area contributed by atoms with Crippen LogP contribution in [0.3, 0.4) is 0 Å². The summed E-state index contributed by atoms with van der Waals surface area (Å²) in [6.45, 7) is 0. The molecule has 1 amide bonds. The van der Waals surface area contributed by atoms with Crippen LogP contribution in [-0.4, -0.2) is 5.91 Å². The van der Waals surface area contributed by atoms with Gasteiger partial charge in [-0.3, -0.25) is 4.79 Å². The van der Waals surface area contributed by atoms with Crippen LogP contribution >= 0.6 is 0 Å². The second kappa shape index (κ2) is 6.98. The van der Waals surface area contributed by atoms with E-state index in [1.54, 1.807) is 0 Å². The third kappa shape index (κ3) is 3.36. The van der Waals surface area contributed by atoms with Crippen molar-refractivity contribution in [1.82, 2.24) is 5.32 Å². The van der Waals surface area contributed by atoms with Crippen molar-refractivity contribution in [3.8, 4) is 0 Å². The van der Waals surface area contributed by atoms with Crippen LogP contribution in [0.1, 0.15) is 36.6 Å². The van der Waals surface area contributed by atoms with Gasteiger partial charge in [-0.05, 0) is 37.0 Å². The number of amides is 1. The van der Waals surface area contributed by atoms with Crippen molar-refractivity contribution in [2.24, 2.45) is 5.92 Å². The number of hydrogen-bond donors (Lipinski definition) is 1. The molecule has 3 aromatic rings. The van der Waals surface area contributed by atoms with Gasteiger partial charge < -0.3 is 9.73 Å². The molecule has 0 aliphatic heterocycles. The summed E-state index contributed by atoms with van der Waals surface area (Å²) in [5.41, 5.74) is 1.87. The lowest BCUT2D eigenvalue weighted by Gasteiger charge is -2.22. The molecule has 0 saturated heterocycles. The molecule has 0 fully saturated rings. The van der Waals surface area contributed by atoms with E-state index in [1.807, 2.05) is 60.7 Å². The number of benzene rings is 2. The molecular formula is C22H21NO2. The molecular weight excluding hydrogens is 310 g/mol. The maximum Gasteiger partial charge on any atom is 0.224 e. The molecule has 3 heteroatoms. The molecule has 2 aromatic carbocycles. The molecule has 1 aliphatic carbocycles. The number of nitrogens with one attached hydrogen (secondary N) is 1. The lowest BCUT2D eigenvalue weighted by Crippen LogP contribution is -2.34. The molecule has 3 nitrogen and oxygen atoms in total. The summed E-state index contributed by atoms with van der Waals surface area (Å²) in [7, 11) is 0. The average molecular weight is 331 g/mol. The van der Waals surface area contributed by atoms with Gasteiger partial charge in [0.05, 0.1) is 0 Å². The van der Waals surface area contributed by atoms with Crippen LogP contribution in [0.25, 0.3) is 11.0 Å². The van der Waals surface area contributed by atoms with Crippen LogP contribution in [0, 0.1) is 5.92 Å². The van der Waals surface area contributed by atoms with E-state index in [4.69, 9.17) is 4.42 Å². The predicted molar refractivity (Wildman–Crippen MR) is 99.1 cm³/mol. The Morgan fingerprint density at radius 2 is 1.84 bits per heavy atom. The normalized spacial score (nSPS) is 18.2. The van der Waals surface area contributed by atoms with Gasteiger partial charge in [0.25, 0.3) is 0 Å². The van der Waals surface area contributed by atoms with Crippen LogP contribution in [0.5, 0.6) is 0 Å². The van der Waals surface area contributed by atoms with Crippen LogP contribution in [0.4, 0.5) is 0 Å². The standard InChI is InChI=1S/C22H21NO2/c24-22(17-11-5-2-6-12-17)23-21(16-9-3-1-4-10-16)20-15-18-13-7-8-14-19(18)25-20/h1-5,7-10,13-15,17,21H,6,11-12H2,(H,23,24)/t17-,21-/m0/s1. The smallest absolute Gasteiger partial charge is 0.224 e. The number of hydrogen-bond acceptors (Lipinski definition) is 2. The van der Waals surface area contributed by atoms with Crippen molar-refractivity contribution >= 4 is 16.9 Å². The monoisotopic (exact) mass is 331 g/mol. The summed E-state index contributed by atoms with van der Waals surface area (Å²) in [6.07, 6.45) is 6.94. The first kappa shape index (κ1) is 15.7. The highest BCUT2D eigenvalue weighted by molar-refractivity contribution is 5.81. The number of fused-ring (bicyclic) bond motifs is 1. The van der Waals surface area contributed by atoms with Gasteiger partial charge in [-0.2, -0.15) is 0 Å². The van der Waals surface area contributed by atoms with Crippen molar-refractivity contribution in [2.75, 3.05) is 0 Å². The van der Waals surface area contributed by atoms with Crippen LogP contribution in [0.15, 0.2) is 77.2 Å². The summed E-state index contributed by atoms with van der Waals surface area (Å²) in [5, 5.41) is 4.26. The maximum atomic E-state index is 12.8. The van der Waals surface area contributed by atoms with E-state index in [2.05, 4.69) is 17.5 Å². The van der Waals surface area contributed by atoms with E-state index in [9.17, 15) is 4.79 Å². The molecule has 1 N–H and O–H groups in total. The topological polar surface area (TPSA) is 42.2 Å². The lowest BCUT2D eigenvalue weighted by atomic mass is 9.93. The van der Waals surface area contributed by atoms with Gasteiger partial charge in [-0.1, -0.05) is 60.7 Å². The number of furan rings is 1. The molecule has 1 aliphatic rings. The number of carbonyl (C=O) groups is 1. The fourth-order valence-corrected chi connectivity index (χ4v) is 3.40. The van der Waals surface area contributed by atoms with E-state index >= 15 is 0 Å². The summed E-state index contributed by atoms with van der Waals surface area (Å²) < 4.78 is 6.04. The highest BCUT2D eigenvalue weighted by Crippen LogP contribution is 2.29. The van der Waals surface area contributed by atoms with Gasteiger partial charge in [0.2, 0.25) is 5.91 Å². The van der Waals surface area contributed by atoms with Crippen molar-refractivity contribution in [3.63, 3.8) is 0 Å². The number of para-hydroxylation sites is 1. The molecule has 126 valence electrons. The quantitative estimate of drug-likeness (QED) is 0.684. The zero-order valence-corrected chi connectivity index (χ0v) is 14.0. The summed E-state index contributed by atoms with van der Waals surface area (Å²) in [6, 6.07) is 19.7. The Hall–Kier alpha value is -2.81. The highest BCUT2D eigenvalue weighted by Gasteiger charge is 2.25. The van der Waals surface area contributed by atoms with Crippen LogP contribution in [-0.2, 0) is 4.79 Å². The molecule has 25 heavy (non-hydrogen) atoms. The Labute approximate surface area is 147 Å². The second-order valence-corrected chi connectivity index (χ2v) is 6.52. The van der Waals surface area contributed by atoms with Crippen molar-refractivity contribution in [1.29, 1.82) is 0 Å². The first-order valence-electron chi connectivity index (χ1n) is 8.80. The van der Waals surface area contributed by atoms with Crippen molar-refractivity contribution < 1.29 is 9.21 Å². The third-order valence-corrected chi connectivity index (χ3v) is 4.79. The van der Waals surface area contributed by atoms with E-state index in [1.165, 1.54) is 0 Å². The molecule has 2 atom stereocenters. The van der Waals surface area contributed by atoms with Gasteiger partial charge in [-0.25, -0.2) is 0 Å². The molecule has 0 radical (unpaired) electrons. The minimum absolute atomic E-state index is 0.0422. The fraction of sp³-hybridized carbons (Fsp3) is 0.227. The SMILES string of the molecule is O=C(N[C@@H](c1ccccc1)c1cc2ccccc2o1)[C@H]1CC=CCC1. The zero-order valence-electron chi connectivity index (χ0n) is 14.0. The fourth-order valence-electron chi connectivity index (χ4n) is 3.40. The van der Waals surface area contributed by atoms with Gasteiger partial charge in [0, 0.05) is 11.3 Å². The van der Waals surface area contributed by atoms with Crippen molar-refractivity contribution in [3.05, 3.63) is 84.1 Å². The Balaban J connectivity index is 1.66. The maximum absolute atomic E-state index is 12.8. The van der Waals surface area contributed by atoms with Gasteiger partial charge >= 0.3 is 0 Å². The summed E-state index contributed by atoms with van der Waals surface area (Å²) in [5.74, 6) is 0.909. The number of rotatable bonds is 4. The zero-order chi connectivity index (χ0) is 17.1. The Bertz CT molecular complexity index is 862. The van der Waals surface area contributed by atoms with Gasteiger partial charge in [-0.15, -0.1) is 0 Å². The van der Waals surface area contributed by atoms with Crippen LogP contribution in [0.2, 0.25) is 0 Å². The van der Waals surface area contributed by atoms with E-state index in [0.29, 0.717) is 0 Å². The Morgan fingerprint density at radius 3 is 2.60 bits per heavy atom. The predicted octanol–water partition coefficient (Wildman–Crippen LogP) is 4.99. The van der Waals surface area contributed by atoms with Crippen LogP contribution < -0.4 is 5.32 Å². The third-order valence-electron chi connectivity index (χ3n) is 4.79. The van der Waals surface area contributed by atoms with E-state index < -0.39 is 0 Å². The minimum atomic E-state index is -0.271. The summed E-state index contributed by atoms with van der Waals surface area (Å²) >= 11 is 0. The first-order chi connectivity index (χ1) is 12.3. The Morgan fingerprint density at radius 1 is 1.04 bits per heavy atom. The van der Waals surface area contributed by atoms with E-state index in [-0.39, 0.29) is 17.9 Å². The van der Waals surface area contributed by atoms with E-state index in [0.717, 1.165) is 41.6 Å². The number of carbonyl (C=O) groups excluding carboxylic acids is 1. The van der Waals surface area contributed by atoms with Gasteiger partial charge in [0.15, 0.2) is 0 Å². The lowest BCUT2D eigenvalue weighted by molar-refractivity contribution is -0.125. The molecule has 4 rings (SSSR count). The van der Waals surface area contributed by atoms with Crippen molar-refractivity contribution in [2.45, 2.75) is 25.3 Å². The molecule has 1 heterocycles. The largest absolute Gasteiger partial charge is 0.459 e. The molecule has 0 saturated carbocycles. The average Bonchev–Trinajstić information content (AvgIpc) is 3.11. The summed E-state index contributed by atoms with van der Waals surface area (Å²) in [4.78, 5) is 12.8. The molecule has 1 aromatic heterocycles. The molecule has 0 spiro atoms. The second-order valence-electron chi connectivity index (χ2n) is 6.52. The molecule has 0 bridgehead atoms.